The third-order valence-corrected chi connectivity index (χ3v) is 4.16. The smallest absolute Gasteiger partial charge is 0.234 e. The fraction of sp³-hybridized carbons (Fsp3) is 0.923. The molecule has 98 valence electrons. The van der Waals surface area contributed by atoms with E-state index in [0.29, 0.717) is 18.6 Å². The molecule has 3 atom stereocenters. The van der Waals surface area contributed by atoms with Crippen LogP contribution in [0.2, 0.25) is 0 Å². The highest BCUT2D eigenvalue weighted by Gasteiger charge is 2.35. The first-order chi connectivity index (χ1) is 8.20. The number of piperidine rings is 1. The van der Waals surface area contributed by atoms with Gasteiger partial charge in [-0.2, -0.15) is 0 Å². The monoisotopic (exact) mass is 239 g/mol. The number of likely N-dealkylation sites (tertiary alicyclic amines) is 1. The first-order valence-electron chi connectivity index (χ1n) is 6.94. The summed E-state index contributed by atoms with van der Waals surface area (Å²) < 4.78 is 0. The SMILES string of the molecule is CCC(C)NC(=O)CN1CCCC2CNCC21. The Morgan fingerprint density at radius 1 is 1.53 bits per heavy atom. The molecular formula is C13H25N3O. The molecule has 1 amide bonds. The minimum Gasteiger partial charge on any atom is -0.353 e. The summed E-state index contributed by atoms with van der Waals surface area (Å²) in [5.41, 5.74) is 0. The Balaban J connectivity index is 1.83. The van der Waals surface area contributed by atoms with E-state index in [2.05, 4.69) is 29.4 Å². The fourth-order valence-electron chi connectivity index (χ4n) is 2.97. The Kier molecular flexibility index (Phi) is 4.40. The number of amides is 1. The molecule has 0 aliphatic carbocycles. The van der Waals surface area contributed by atoms with Gasteiger partial charge in [0.2, 0.25) is 5.91 Å². The number of carbonyl (C=O) groups is 1. The van der Waals surface area contributed by atoms with Gasteiger partial charge in [-0.15, -0.1) is 0 Å². The lowest BCUT2D eigenvalue weighted by Crippen LogP contribution is -2.50. The van der Waals surface area contributed by atoms with E-state index < -0.39 is 0 Å². The zero-order valence-corrected chi connectivity index (χ0v) is 11.0. The standard InChI is InChI=1S/C13H25N3O/c1-3-10(2)15-13(17)9-16-6-4-5-11-7-14-8-12(11)16/h10-12,14H,3-9H2,1-2H3,(H,15,17). The highest BCUT2D eigenvalue weighted by atomic mass is 16.2. The molecule has 0 bridgehead atoms. The maximum Gasteiger partial charge on any atom is 0.234 e. The predicted octanol–water partition coefficient (Wildman–Crippen LogP) is 0.585. The topological polar surface area (TPSA) is 44.4 Å². The van der Waals surface area contributed by atoms with Crippen molar-refractivity contribution in [3.05, 3.63) is 0 Å². The first kappa shape index (κ1) is 12.8. The molecule has 0 spiro atoms. The van der Waals surface area contributed by atoms with Crippen LogP contribution in [0, 0.1) is 5.92 Å². The van der Waals surface area contributed by atoms with Crippen molar-refractivity contribution in [3.63, 3.8) is 0 Å². The van der Waals surface area contributed by atoms with Crippen LogP contribution in [0.4, 0.5) is 0 Å². The molecule has 0 saturated carbocycles. The van der Waals surface area contributed by atoms with E-state index >= 15 is 0 Å². The minimum atomic E-state index is 0.187. The van der Waals surface area contributed by atoms with Gasteiger partial charge in [0, 0.05) is 18.6 Å². The van der Waals surface area contributed by atoms with Crippen LogP contribution in [-0.2, 0) is 4.79 Å². The van der Waals surface area contributed by atoms with E-state index in [4.69, 9.17) is 0 Å². The van der Waals surface area contributed by atoms with E-state index in [-0.39, 0.29) is 5.91 Å². The number of carbonyl (C=O) groups excluding carboxylic acids is 1. The molecule has 0 aromatic carbocycles. The van der Waals surface area contributed by atoms with Gasteiger partial charge in [-0.1, -0.05) is 6.92 Å². The first-order valence-corrected chi connectivity index (χ1v) is 6.94. The van der Waals surface area contributed by atoms with Crippen LogP contribution in [0.1, 0.15) is 33.1 Å². The summed E-state index contributed by atoms with van der Waals surface area (Å²) >= 11 is 0. The quantitative estimate of drug-likeness (QED) is 0.754. The molecule has 3 unspecified atom stereocenters. The predicted molar refractivity (Wildman–Crippen MR) is 68.9 cm³/mol. The largest absolute Gasteiger partial charge is 0.353 e. The zero-order valence-electron chi connectivity index (χ0n) is 11.0. The molecule has 2 saturated heterocycles. The van der Waals surface area contributed by atoms with Crippen LogP contribution >= 0.6 is 0 Å². The Morgan fingerprint density at radius 2 is 2.35 bits per heavy atom. The third-order valence-electron chi connectivity index (χ3n) is 4.16. The average molecular weight is 239 g/mol. The van der Waals surface area contributed by atoms with Crippen LogP contribution in [0.5, 0.6) is 0 Å². The normalized spacial score (nSPS) is 30.9. The van der Waals surface area contributed by atoms with Gasteiger partial charge < -0.3 is 10.6 Å². The van der Waals surface area contributed by atoms with Gasteiger partial charge in [0.1, 0.15) is 0 Å². The van der Waals surface area contributed by atoms with Gasteiger partial charge in [-0.05, 0) is 45.2 Å². The van der Waals surface area contributed by atoms with Gasteiger partial charge in [0.25, 0.3) is 0 Å². The summed E-state index contributed by atoms with van der Waals surface area (Å²) in [5, 5.41) is 6.50. The number of rotatable bonds is 4. The number of hydrogen-bond donors (Lipinski definition) is 2. The molecule has 2 aliphatic heterocycles. The summed E-state index contributed by atoms with van der Waals surface area (Å²) in [6.07, 6.45) is 3.56. The van der Waals surface area contributed by atoms with Crippen molar-refractivity contribution in [2.45, 2.75) is 45.2 Å². The number of nitrogens with zero attached hydrogens (tertiary/aromatic N) is 1. The Bertz CT molecular complexity index is 269. The molecule has 2 fully saturated rings. The van der Waals surface area contributed by atoms with Crippen LogP contribution in [-0.4, -0.2) is 49.1 Å². The molecule has 2 rings (SSSR count). The lowest BCUT2D eigenvalue weighted by molar-refractivity contribution is -0.123. The third kappa shape index (κ3) is 3.19. The molecule has 0 radical (unpaired) electrons. The minimum absolute atomic E-state index is 0.187. The van der Waals surface area contributed by atoms with Crippen molar-refractivity contribution in [3.8, 4) is 0 Å². The molecule has 2 aliphatic rings. The Labute approximate surface area is 104 Å². The van der Waals surface area contributed by atoms with E-state index in [1.165, 1.54) is 12.8 Å². The molecular weight excluding hydrogens is 214 g/mol. The summed E-state index contributed by atoms with van der Waals surface area (Å²) in [6.45, 7) is 8.01. The van der Waals surface area contributed by atoms with Crippen LogP contribution in [0.15, 0.2) is 0 Å². The van der Waals surface area contributed by atoms with Crippen LogP contribution in [0.25, 0.3) is 0 Å². The maximum atomic E-state index is 11.9. The molecule has 2 N–H and O–H groups in total. The van der Waals surface area contributed by atoms with Crippen molar-refractivity contribution in [1.29, 1.82) is 0 Å². The van der Waals surface area contributed by atoms with Crippen molar-refractivity contribution in [2.24, 2.45) is 5.92 Å². The van der Waals surface area contributed by atoms with Crippen molar-refractivity contribution in [1.82, 2.24) is 15.5 Å². The highest BCUT2D eigenvalue weighted by molar-refractivity contribution is 5.78. The van der Waals surface area contributed by atoms with Crippen molar-refractivity contribution >= 4 is 5.91 Å². The van der Waals surface area contributed by atoms with Gasteiger partial charge in [-0.25, -0.2) is 0 Å². The van der Waals surface area contributed by atoms with Crippen LogP contribution < -0.4 is 10.6 Å². The molecule has 17 heavy (non-hydrogen) atoms. The van der Waals surface area contributed by atoms with Crippen molar-refractivity contribution in [2.75, 3.05) is 26.2 Å². The maximum absolute atomic E-state index is 11.9. The summed E-state index contributed by atoms with van der Waals surface area (Å²) in [7, 11) is 0. The second-order valence-corrected chi connectivity index (χ2v) is 5.48. The number of fused-ring (bicyclic) bond motifs is 1. The summed E-state index contributed by atoms with van der Waals surface area (Å²) in [4.78, 5) is 14.3. The van der Waals surface area contributed by atoms with Gasteiger partial charge in [0.15, 0.2) is 0 Å². The molecule has 0 aromatic rings. The molecule has 0 aromatic heterocycles. The van der Waals surface area contributed by atoms with E-state index in [0.717, 1.165) is 32.0 Å². The van der Waals surface area contributed by atoms with Gasteiger partial charge in [-0.3, -0.25) is 9.69 Å². The molecule has 2 heterocycles. The number of hydrogen-bond acceptors (Lipinski definition) is 3. The summed E-state index contributed by atoms with van der Waals surface area (Å²) in [5.74, 6) is 0.951. The summed E-state index contributed by atoms with van der Waals surface area (Å²) in [6, 6.07) is 0.885. The molecule has 4 nitrogen and oxygen atoms in total. The van der Waals surface area contributed by atoms with E-state index in [1.807, 2.05) is 0 Å². The average Bonchev–Trinajstić information content (AvgIpc) is 2.78. The zero-order chi connectivity index (χ0) is 12.3. The van der Waals surface area contributed by atoms with Gasteiger partial charge >= 0.3 is 0 Å². The Morgan fingerprint density at radius 3 is 3.12 bits per heavy atom. The second kappa shape index (κ2) is 5.83. The molecule has 4 heteroatoms. The van der Waals surface area contributed by atoms with Crippen molar-refractivity contribution < 1.29 is 4.79 Å². The van der Waals surface area contributed by atoms with E-state index in [9.17, 15) is 4.79 Å². The van der Waals surface area contributed by atoms with Crippen LogP contribution in [0.3, 0.4) is 0 Å². The Hall–Kier alpha value is -0.610. The lowest BCUT2D eigenvalue weighted by Gasteiger charge is -2.36. The fourth-order valence-corrected chi connectivity index (χ4v) is 2.97. The second-order valence-electron chi connectivity index (χ2n) is 5.48. The highest BCUT2D eigenvalue weighted by Crippen LogP contribution is 2.25. The lowest BCUT2D eigenvalue weighted by atomic mass is 9.92. The number of nitrogens with one attached hydrogen (secondary N) is 2. The van der Waals surface area contributed by atoms with E-state index in [1.54, 1.807) is 0 Å². The van der Waals surface area contributed by atoms with Gasteiger partial charge in [0.05, 0.1) is 6.54 Å².